The molecule has 0 radical (unpaired) electrons. The molecule has 3 aliphatic rings. The van der Waals surface area contributed by atoms with Crippen LogP contribution in [-0.4, -0.2) is 99.8 Å². The maximum absolute atomic E-state index is 13.7. The molecule has 0 amide bonds. The summed E-state index contributed by atoms with van der Waals surface area (Å²) in [5.74, 6) is 0.334. The lowest BCUT2D eigenvalue weighted by Gasteiger charge is -2.38. The Morgan fingerprint density at radius 3 is 2.37 bits per heavy atom. The first-order chi connectivity index (χ1) is 24.5. The van der Waals surface area contributed by atoms with Gasteiger partial charge in [-0.15, -0.1) is 0 Å². The van der Waals surface area contributed by atoms with Gasteiger partial charge in [-0.1, -0.05) is 55.8 Å². The van der Waals surface area contributed by atoms with Crippen LogP contribution in [0, 0.1) is 0 Å². The molecule has 0 aromatic heterocycles. The number of aliphatic hydroxyl groups is 2. The van der Waals surface area contributed by atoms with Crippen molar-refractivity contribution in [1.82, 2.24) is 14.9 Å². The minimum atomic E-state index is -3.68. The average molecular weight is 742 g/mol. The lowest BCUT2D eigenvalue weighted by Crippen LogP contribution is -2.47. The van der Waals surface area contributed by atoms with E-state index in [1.54, 1.807) is 34.6 Å². The molecule has 3 aromatic carbocycles. The van der Waals surface area contributed by atoms with E-state index in [-0.39, 0.29) is 29.0 Å². The number of hydrogen-bond acceptors (Lipinski definition) is 10. The molecule has 2 saturated heterocycles. The number of benzene rings is 3. The van der Waals surface area contributed by atoms with Crippen LogP contribution in [0.1, 0.15) is 57.4 Å². The summed E-state index contributed by atoms with van der Waals surface area (Å²) in [6.45, 7) is 4.98. The molecule has 51 heavy (non-hydrogen) atoms. The Hall–Kier alpha value is -2.88. The topological polar surface area (TPSA) is 154 Å². The molecular weight excluding hydrogens is 691 g/mol. The zero-order valence-corrected chi connectivity index (χ0v) is 30.9. The number of piperidine rings is 1. The van der Waals surface area contributed by atoms with Crippen molar-refractivity contribution in [3.8, 4) is 16.9 Å². The second-order valence-electron chi connectivity index (χ2n) is 14.2. The summed E-state index contributed by atoms with van der Waals surface area (Å²) in [4.78, 5) is 0.390. The molecule has 6 rings (SSSR count). The Labute approximate surface area is 302 Å². The van der Waals surface area contributed by atoms with Crippen molar-refractivity contribution in [2.75, 3.05) is 46.0 Å². The largest absolute Gasteiger partial charge is 0.491 e. The summed E-state index contributed by atoms with van der Waals surface area (Å²) in [6, 6.07) is 21.6. The number of sulfone groups is 1. The van der Waals surface area contributed by atoms with Crippen LogP contribution in [0.2, 0.25) is 0 Å². The van der Waals surface area contributed by atoms with Crippen molar-refractivity contribution in [2.24, 2.45) is 0 Å². The number of ether oxygens (including phenoxy) is 2. The van der Waals surface area contributed by atoms with Crippen LogP contribution in [-0.2, 0) is 31.1 Å². The van der Waals surface area contributed by atoms with Gasteiger partial charge in [-0.05, 0) is 92.1 Å². The average Bonchev–Trinajstić information content (AvgIpc) is 3.88. The molecular formula is C38H51N3O8S2. The quantitative estimate of drug-likeness (QED) is 0.150. The summed E-state index contributed by atoms with van der Waals surface area (Å²) in [6.07, 6.45) is 4.21. The molecule has 2 heterocycles. The third-order valence-corrected chi connectivity index (χ3v) is 15.0. The minimum absolute atomic E-state index is 0.000294. The number of rotatable bonds is 17. The van der Waals surface area contributed by atoms with E-state index in [0.29, 0.717) is 57.6 Å². The fourth-order valence-electron chi connectivity index (χ4n) is 6.98. The molecule has 2 atom stereocenters. The summed E-state index contributed by atoms with van der Waals surface area (Å²) in [7, 11) is -7.36. The van der Waals surface area contributed by atoms with Crippen LogP contribution < -0.4 is 15.4 Å². The molecule has 1 saturated carbocycles. The number of hydrogen-bond donors (Lipinski definition) is 4. The van der Waals surface area contributed by atoms with Crippen LogP contribution in [0.3, 0.4) is 0 Å². The number of nitrogens with zero attached hydrogens (tertiary/aromatic N) is 1. The standard InChI is InChI=1S/C38H51N3O8S2/c1-2-3-18-39-24-29-10-12-30(13-11-29)31-6-4-9-36(21-31)51(46,47)41-19-16-37(17-20-41)23-32(26-49-37)40-25-33(43)27-48-34-7-5-8-35(22-34)50(44,45)38(28-42)14-15-38/h4-13,21-22,32-33,39-40,42-43H,2-3,14-20,23-28H2,1H3. The normalized spacial score (nSPS) is 20.7. The second kappa shape index (κ2) is 16.0. The smallest absolute Gasteiger partial charge is 0.243 e. The van der Waals surface area contributed by atoms with Gasteiger partial charge in [-0.3, -0.25) is 0 Å². The van der Waals surface area contributed by atoms with Crippen LogP contribution in [0.4, 0.5) is 0 Å². The maximum atomic E-state index is 13.7. The molecule has 0 bridgehead atoms. The molecule has 1 spiro atoms. The fourth-order valence-corrected chi connectivity index (χ4v) is 10.3. The van der Waals surface area contributed by atoms with Crippen LogP contribution in [0.25, 0.3) is 11.1 Å². The van der Waals surface area contributed by atoms with E-state index >= 15 is 0 Å². The van der Waals surface area contributed by atoms with Crippen molar-refractivity contribution in [2.45, 2.75) is 90.7 Å². The highest BCUT2D eigenvalue weighted by Crippen LogP contribution is 2.46. The van der Waals surface area contributed by atoms with Crippen LogP contribution in [0.15, 0.2) is 82.6 Å². The predicted molar refractivity (Wildman–Crippen MR) is 196 cm³/mol. The predicted octanol–water partition coefficient (Wildman–Crippen LogP) is 3.88. The minimum Gasteiger partial charge on any atom is -0.491 e. The summed E-state index contributed by atoms with van der Waals surface area (Å²) in [5, 5.41) is 27.0. The first kappa shape index (κ1) is 37.9. The highest BCUT2D eigenvalue weighted by atomic mass is 32.2. The lowest BCUT2D eigenvalue weighted by atomic mass is 9.88. The molecule has 2 unspecified atom stereocenters. The van der Waals surface area contributed by atoms with Gasteiger partial charge in [0.2, 0.25) is 10.0 Å². The second-order valence-corrected chi connectivity index (χ2v) is 18.5. The van der Waals surface area contributed by atoms with E-state index in [1.807, 2.05) is 18.2 Å². The van der Waals surface area contributed by atoms with E-state index in [1.165, 1.54) is 17.7 Å². The summed E-state index contributed by atoms with van der Waals surface area (Å²) >= 11 is 0. The Kier molecular flexibility index (Phi) is 11.9. The maximum Gasteiger partial charge on any atom is 0.243 e. The van der Waals surface area contributed by atoms with Crippen molar-refractivity contribution < 1.29 is 36.5 Å². The van der Waals surface area contributed by atoms with E-state index in [9.17, 15) is 27.0 Å². The Morgan fingerprint density at radius 2 is 1.67 bits per heavy atom. The van der Waals surface area contributed by atoms with E-state index in [2.05, 4.69) is 29.7 Å². The van der Waals surface area contributed by atoms with Gasteiger partial charge in [-0.25, -0.2) is 16.8 Å². The van der Waals surface area contributed by atoms with E-state index < -0.39 is 42.9 Å². The summed E-state index contributed by atoms with van der Waals surface area (Å²) < 4.78 is 65.7. The Balaban J connectivity index is 0.960. The first-order valence-corrected chi connectivity index (χ1v) is 21.0. The monoisotopic (exact) mass is 741 g/mol. The third-order valence-electron chi connectivity index (χ3n) is 10.5. The highest BCUT2D eigenvalue weighted by molar-refractivity contribution is 7.93. The molecule has 3 fully saturated rings. The summed E-state index contributed by atoms with van der Waals surface area (Å²) in [5.41, 5.74) is 2.61. The Morgan fingerprint density at radius 1 is 0.941 bits per heavy atom. The highest BCUT2D eigenvalue weighted by Gasteiger charge is 2.54. The SMILES string of the molecule is CCCCNCc1ccc(-c2cccc(S(=O)(=O)N3CCC4(CC3)CC(NCC(O)COc3cccc(S(=O)(=O)C5(CO)CC5)c3)CO4)c2)cc1. The molecule has 4 N–H and O–H groups in total. The van der Waals surface area contributed by atoms with Crippen LogP contribution in [0.5, 0.6) is 5.75 Å². The fraction of sp³-hybridized carbons (Fsp3) is 0.526. The third kappa shape index (κ3) is 8.68. The number of nitrogens with one attached hydrogen (secondary N) is 2. The van der Waals surface area contributed by atoms with Crippen molar-refractivity contribution in [1.29, 1.82) is 0 Å². The van der Waals surface area contributed by atoms with Gasteiger partial charge in [0.25, 0.3) is 0 Å². The zero-order valence-electron chi connectivity index (χ0n) is 29.3. The van der Waals surface area contributed by atoms with Crippen molar-refractivity contribution >= 4 is 19.9 Å². The first-order valence-electron chi connectivity index (χ1n) is 18.0. The van der Waals surface area contributed by atoms with Gasteiger partial charge in [0.1, 0.15) is 18.5 Å². The molecule has 13 heteroatoms. The lowest BCUT2D eigenvalue weighted by molar-refractivity contribution is -0.0312. The van der Waals surface area contributed by atoms with Gasteiger partial charge >= 0.3 is 0 Å². The van der Waals surface area contributed by atoms with Gasteiger partial charge in [0.05, 0.1) is 33.4 Å². The molecule has 2 aliphatic heterocycles. The number of sulfonamides is 1. The number of aliphatic hydroxyl groups excluding tert-OH is 2. The van der Waals surface area contributed by atoms with Crippen molar-refractivity contribution in [3.05, 3.63) is 78.4 Å². The Bertz CT molecular complexity index is 1840. The molecule has 1 aliphatic carbocycles. The van der Waals surface area contributed by atoms with Gasteiger partial charge in [0.15, 0.2) is 9.84 Å². The van der Waals surface area contributed by atoms with Crippen LogP contribution >= 0.6 is 0 Å². The zero-order chi connectivity index (χ0) is 36.1. The number of unbranched alkanes of at least 4 members (excludes halogenated alkanes) is 1. The van der Waals surface area contributed by atoms with E-state index in [0.717, 1.165) is 37.1 Å². The molecule has 11 nitrogen and oxygen atoms in total. The van der Waals surface area contributed by atoms with E-state index in [4.69, 9.17) is 9.47 Å². The van der Waals surface area contributed by atoms with Gasteiger partial charge in [-0.2, -0.15) is 4.31 Å². The van der Waals surface area contributed by atoms with Gasteiger partial charge in [0, 0.05) is 32.2 Å². The molecule has 3 aromatic rings. The van der Waals surface area contributed by atoms with Crippen molar-refractivity contribution in [3.63, 3.8) is 0 Å². The molecule has 278 valence electrons. The van der Waals surface area contributed by atoms with Gasteiger partial charge < -0.3 is 30.3 Å².